The van der Waals surface area contributed by atoms with E-state index in [1.807, 2.05) is 24.3 Å². The molecule has 20 heavy (non-hydrogen) atoms. The van der Waals surface area contributed by atoms with E-state index in [9.17, 15) is 0 Å². The van der Waals surface area contributed by atoms with Gasteiger partial charge in [-0.3, -0.25) is 0 Å². The molecule has 2 rings (SSSR count). The summed E-state index contributed by atoms with van der Waals surface area (Å²) >= 11 is 3.44. The van der Waals surface area contributed by atoms with Crippen molar-refractivity contribution in [3.05, 3.63) is 46.6 Å². The summed E-state index contributed by atoms with van der Waals surface area (Å²) in [5, 5.41) is 3.40. The average molecular weight is 337 g/mol. The SMILES string of the molecule is CN(C)CCCNCc1ccc(-c2ccc(Br)cc2)o1. The first kappa shape index (κ1) is 15.3. The number of furan rings is 1. The van der Waals surface area contributed by atoms with E-state index in [0.29, 0.717) is 0 Å². The molecule has 2 aromatic rings. The van der Waals surface area contributed by atoms with E-state index in [4.69, 9.17) is 4.42 Å². The molecule has 3 nitrogen and oxygen atoms in total. The molecule has 4 heteroatoms. The highest BCUT2D eigenvalue weighted by atomic mass is 79.9. The van der Waals surface area contributed by atoms with E-state index in [1.54, 1.807) is 0 Å². The minimum Gasteiger partial charge on any atom is -0.460 e. The highest BCUT2D eigenvalue weighted by Gasteiger charge is 2.04. The fourth-order valence-corrected chi connectivity index (χ4v) is 2.24. The Labute approximate surface area is 129 Å². The van der Waals surface area contributed by atoms with Crippen molar-refractivity contribution in [1.82, 2.24) is 10.2 Å². The van der Waals surface area contributed by atoms with Crippen LogP contribution in [0.15, 0.2) is 45.3 Å². The molecule has 0 aliphatic rings. The van der Waals surface area contributed by atoms with Crippen molar-refractivity contribution in [1.29, 1.82) is 0 Å². The molecule has 0 saturated carbocycles. The van der Waals surface area contributed by atoms with Crippen molar-refractivity contribution in [2.24, 2.45) is 0 Å². The Morgan fingerprint density at radius 3 is 2.55 bits per heavy atom. The van der Waals surface area contributed by atoms with Crippen LogP contribution in [-0.4, -0.2) is 32.1 Å². The zero-order valence-corrected chi connectivity index (χ0v) is 13.6. The van der Waals surface area contributed by atoms with Gasteiger partial charge in [-0.05, 0) is 57.9 Å². The lowest BCUT2D eigenvalue weighted by molar-refractivity contribution is 0.391. The van der Waals surface area contributed by atoms with Gasteiger partial charge in [0.2, 0.25) is 0 Å². The summed E-state index contributed by atoms with van der Waals surface area (Å²) < 4.78 is 6.93. The minimum absolute atomic E-state index is 0.782. The van der Waals surface area contributed by atoms with Crippen LogP contribution >= 0.6 is 15.9 Å². The molecule has 0 saturated heterocycles. The highest BCUT2D eigenvalue weighted by Crippen LogP contribution is 2.23. The maximum absolute atomic E-state index is 5.85. The van der Waals surface area contributed by atoms with Gasteiger partial charge in [0.1, 0.15) is 11.5 Å². The highest BCUT2D eigenvalue weighted by molar-refractivity contribution is 9.10. The van der Waals surface area contributed by atoms with Gasteiger partial charge in [-0.2, -0.15) is 0 Å². The van der Waals surface area contributed by atoms with Crippen LogP contribution in [0.25, 0.3) is 11.3 Å². The summed E-state index contributed by atoms with van der Waals surface area (Å²) in [4.78, 5) is 2.19. The average Bonchev–Trinajstić information content (AvgIpc) is 2.87. The first-order valence-corrected chi connectivity index (χ1v) is 7.64. The molecule has 0 atom stereocenters. The van der Waals surface area contributed by atoms with Gasteiger partial charge in [0.15, 0.2) is 0 Å². The Balaban J connectivity index is 1.82. The molecule has 1 heterocycles. The third kappa shape index (κ3) is 4.78. The van der Waals surface area contributed by atoms with Crippen molar-refractivity contribution in [3.8, 4) is 11.3 Å². The quantitative estimate of drug-likeness (QED) is 0.780. The van der Waals surface area contributed by atoms with Crippen molar-refractivity contribution in [2.45, 2.75) is 13.0 Å². The van der Waals surface area contributed by atoms with Crippen molar-refractivity contribution < 1.29 is 4.42 Å². The molecule has 0 bridgehead atoms. The zero-order chi connectivity index (χ0) is 14.4. The van der Waals surface area contributed by atoms with Crippen LogP contribution in [0, 0.1) is 0 Å². The predicted molar refractivity (Wildman–Crippen MR) is 86.7 cm³/mol. The van der Waals surface area contributed by atoms with Crippen LogP contribution in [0.2, 0.25) is 0 Å². The second kappa shape index (κ2) is 7.62. The molecule has 0 amide bonds. The molecule has 0 fully saturated rings. The number of halogens is 1. The molecular formula is C16H21BrN2O. The predicted octanol–water partition coefficient (Wildman–Crippen LogP) is 3.75. The third-order valence-corrected chi connectivity index (χ3v) is 3.58. The summed E-state index contributed by atoms with van der Waals surface area (Å²) in [7, 11) is 4.19. The summed E-state index contributed by atoms with van der Waals surface area (Å²) in [6, 6.07) is 12.2. The van der Waals surface area contributed by atoms with Gasteiger partial charge in [-0.15, -0.1) is 0 Å². The number of nitrogens with zero attached hydrogens (tertiary/aromatic N) is 1. The summed E-state index contributed by atoms with van der Waals surface area (Å²) in [5.74, 6) is 1.90. The Bertz CT molecular complexity index is 520. The standard InChI is InChI=1S/C16H21BrN2O/c1-19(2)11-3-10-18-12-15-8-9-16(20-15)13-4-6-14(17)7-5-13/h4-9,18H,3,10-12H2,1-2H3. The Morgan fingerprint density at radius 1 is 1.10 bits per heavy atom. The van der Waals surface area contributed by atoms with E-state index in [-0.39, 0.29) is 0 Å². The number of rotatable bonds is 7. The first-order chi connectivity index (χ1) is 9.65. The topological polar surface area (TPSA) is 28.4 Å². The monoisotopic (exact) mass is 336 g/mol. The van der Waals surface area contributed by atoms with Crippen LogP contribution in [0.1, 0.15) is 12.2 Å². The number of hydrogen-bond acceptors (Lipinski definition) is 3. The summed E-state index contributed by atoms with van der Waals surface area (Å²) in [6.45, 7) is 2.89. The van der Waals surface area contributed by atoms with Crippen LogP contribution in [0.4, 0.5) is 0 Å². The van der Waals surface area contributed by atoms with Gasteiger partial charge in [-0.25, -0.2) is 0 Å². The lowest BCUT2D eigenvalue weighted by Crippen LogP contribution is -2.20. The maximum Gasteiger partial charge on any atom is 0.134 e. The van der Waals surface area contributed by atoms with E-state index in [0.717, 1.165) is 47.6 Å². The molecule has 0 unspecified atom stereocenters. The lowest BCUT2D eigenvalue weighted by Gasteiger charge is -2.09. The number of benzene rings is 1. The van der Waals surface area contributed by atoms with Crippen LogP contribution in [0.3, 0.4) is 0 Å². The summed E-state index contributed by atoms with van der Waals surface area (Å²) in [5.41, 5.74) is 1.10. The maximum atomic E-state index is 5.85. The van der Waals surface area contributed by atoms with Crippen molar-refractivity contribution >= 4 is 15.9 Å². The van der Waals surface area contributed by atoms with Crippen molar-refractivity contribution in [2.75, 3.05) is 27.2 Å². The smallest absolute Gasteiger partial charge is 0.134 e. The van der Waals surface area contributed by atoms with Gasteiger partial charge in [0.25, 0.3) is 0 Å². The molecular weight excluding hydrogens is 316 g/mol. The van der Waals surface area contributed by atoms with E-state index < -0.39 is 0 Å². The molecule has 1 aromatic heterocycles. The summed E-state index contributed by atoms with van der Waals surface area (Å²) in [6.07, 6.45) is 1.15. The first-order valence-electron chi connectivity index (χ1n) is 6.85. The molecule has 108 valence electrons. The molecule has 1 N–H and O–H groups in total. The molecule has 0 aliphatic carbocycles. The lowest BCUT2D eigenvalue weighted by atomic mass is 10.2. The van der Waals surface area contributed by atoms with Crippen LogP contribution in [-0.2, 0) is 6.54 Å². The van der Waals surface area contributed by atoms with Gasteiger partial charge in [0.05, 0.1) is 6.54 Å². The van der Waals surface area contributed by atoms with Crippen LogP contribution < -0.4 is 5.32 Å². The van der Waals surface area contributed by atoms with Gasteiger partial charge in [-0.1, -0.05) is 28.1 Å². The van der Waals surface area contributed by atoms with E-state index in [2.05, 4.69) is 52.4 Å². The third-order valence-electron chi connectivity index (χ3n) is 3.05. The van der Waals surface area contributed by atoms with Gasteiger partial charge < -0.3 is 14.6 Å². The van der Waals surface area contributed by atoms with E-state index in [1.165, 1.54) is 0 Å². The second-order valence-corrected chi connectivity index (χ2v) is 6.02. The zero-order valence-electron chi connectivity index (χ0n) is 12.0. The Morgan fingerprint density at radius 2 is 1.85 bits per heavy atom. The number of nitrogens with one attached hydrogen (secondary N) is 1. The molecule has 0 radical (unpaired) electrons. The number of hydrogen-bond donors (Lipinski definition) is 1. The largest absolute Gasteiger partial charge is 0.460 e. The van der Waals surface area contributed by atoms with Crippen LogP contribution in [0.5, 0.6) is 0 Å². The molecule has 1 aromatic carbocycles. The molecule has 0 aliphatic heterocycles. The fourth-order valence-electron chi connectivity index (χ4n) is 1.97. The normalized spacial score (nSPS) is 11.2. The fraction of sp³-hybridized carbons (Fsp3) is 0.375. The Kier molecular flexibility index (Phi) is 5.83. The second-order valence-electron chi connectivity index (χ2n) is 5.11. The van der Waals surface area contributed by atoms with Crippen molar-refractivity contribution in [3.63, 3.8) is 0 Å². The Hall–Kier alpha value is -1.10. The molecule has 0 spiro atoms. The minimum atomic E-state index is 0.782. The van der Waals surface area contributed by atoms with E-state index >= 15 is 0 Å². The van der Waals surface area contributed by atoms with Gasteiger partial charge in [0, 0.05) is 10.0 Å². The van der Waals surface area contributed by atoms with Gasteiger partial charge >= 0.3 is 0 Å².